The molecule has 0 saturated heterocycles. The molecule has 0 unspecified atom stereocenters. The molecule has 9 nitrogen and oxygen atoms in total. The van der Waals surface area contributed by atoms with Crippen molar-refractivity contribution in [1.29, 1.82) is 0 Å². The quantitative estimate of drug-likeness (QED) is 0.381. The van der Waals surface area contributed by atoms with Crippen LogP contribution >= 0.6 is 0 Å². The molecule has 0 fully saturated rings. The zero-order valence-electron chi connectivity index (χ0n) is 16.7. The SMILES string of the molecule is Cc1ccc(-c2nc(COC(=O)c3cc(-c4ccco4)nc4onc(C)c34)no2)cc1. The summed E-state index contributed by atoms with van der Waals surface area (Å²) in [7, 11) is 0. The average Bonchev–Trinajstić information content (AvgIpc) is 3.54. The van der Waals surface area contributed by atoms with Gasteiger partial charge in [0.25, 0.3) is 11.6 Å². The number of fused-ring (bicyclic) bond motifs is 1. The van der Waals surface area contributed by atoms with Crippen molar-refractivity contribution in [3.8, 4) is 22.9 Å². The fourth-order valence-electron chi connectivity index (χ4n) is 3.14. The number of carbonyl (C=O) groups is 1. The first-order valence-corrected chi connectivity index (χ1v) is 9.46. The van der Waals surface area contributed by atoms with E-state index in [0.717, 1.165) is 11.1 Å². The van der Waals surface area contributed by atoms with Crippen LogP contribution in [0.1, 0.15) is 27.4 Å². The molecule has 154 valence electrons. The minimum absolute atomic E-state index is 0.154. The number of ether oxygens (including phenoxy) is 1. The number of nitrogens with zero attached hydrogens (tertiary/aromatic N) is 4. The van der Waals surface area contributed by atoms with Crippen molar-refractivity contribution in [2.45, 2.75) is 20.5 Å². The molecule has 0 aliphatic rings. The molecule has 0 spiro atoms. The fraction of sp³-hybridized carbons (Fsp3) is 0.136. The molecular weight excluding hydrogens is 400 g/mol. The molecule has 5 rings (SSSR count). The maximum Gasteiger partial charge on any atom is 0.339 e. The van der Waals surface area contributed by atoms with Crippen molar-refractivity contribution < 1.29 is 23.0 Å². The summed E-state index contributed by atoms with van der Waals surface area (Å²) in [5, 5.41) is 8.27. The lowest BCUT2D eigenvalue weighted by Gasteiger charge is -2.05. The van der Waals surface area contributed by atoms with E-state index in [2.05, 4.69) is 20.3 Å². The summed E-state index contributed by atoms with van der Waals surface area (Å²) in [4.78, 5) is 21.5. The number of pyridine rings is 1. The molecule has 0 radical (unpaired) electrons. The van der Waals surface area contributed by atoms with Crippen LogP contribution in [0, 0.1) is 13.8 Å². The van der Waals surface area contributed by atoms with Crippen LogP contribution in [0.25, 0.3) is 34.0 Å². The van der Waals surface area contributed by atoms with Gasteiger partial charge in [-0.3, -0.25) is 0 Å². The molecule has 4 heterocycles. The van der Waals surface area contributed by atoms with Crippen LogP contribution in [0.5, 0.6) is 0 Å². The van der Waals surface area contributed by atoms with Crippen molar-refractivity contribution in [1.82, 2.24) is 20.3 Å². The number of rotatable bonds is 5. The summed E-state index contributed by atoms with van der Waals surface area (Å²) in [6, 6.07) is 12.7. The molecule has 5 aromatic rings. The summed E-state index contributed by atoms with van der Waals surface area (Å²) >= 11 is 0. The first kappa shape index (κ1) is 18.7. The number of carbonyl (C=O) groups excluding carboxylic acids is 1. The van der Waals surface area contributed by atoms with E-state index in [0.29, 0.717) is 28.4 Å². The molecule has 0 amide bonds. The van der Waals surface area contributed by atoms with Gasteiger partial charge in [-0.25, -0.2) is 9.78 Å². The molecule has 4 aromatic heterocycles. The van der Waals surface area contributed by atoms with Crippen molar-refractivity contribution in [2.75, 3.05) is 0 Å². The van der Waals surface area contributed by atoms with Gasteiger partial charge < -0.3 is 18.2 Å². The standard InChI is InChI=1S/C22H16N4O5/c1-12-5-7-14(8-6-12)20-24-18(26-30-20)11-29-22(27)15-10-16(17-4-3-9-28-17)23-21-19(15)13(2)25-31-21/h3-10H,11H2,1-2H3. The number of furan rings is 1. The van der Waals surface area contributed by atoms with E-state index in [4.69, 9.17) is 18.2 Å². The molecule has 0 N–H and O–H groups in total. The van der Waals surface area contributed by atoms with E-state index in [1.54, 1.807) is 25.1 Å². The van der Waals surface area contributed by atoms with E-state index >= 15 is 0 Å². The van der Waals surface area contributed by atoms with E-state index in [1.165, 1.54) is 6.26 Å². The first-order valence-electron chi connectivity index (χ1n) is 9.46. The van der Waals surface area contributed by atoms with Gasteiger partial charge in [0.1, 0.15) is 5.69 Å². The second-order valence-electron chi connectivity index (χ2n) is 6.94. The average molecular weight is 416 g/mol. The Labute approximate surface area is 175 Å². The normalized spacial score (nSPS) is 11.2. The highest BCUT2D eigenvalue weighted by molar-refractivity contribution is 6.04. The lowest BCUT2D eigenvalue weighted by molar-refractivity contribution is 0.0462. The molecule has 31 heavy (non-hydrogen) atoms. The Morgan fingerprint density at radius 3 is 2.65 bits per heavy atom. The third-order valence-electron chi connectivity index (χ3n) is 4.71. The number of hydrogen-bond donors (Lipinski definition) is 0. The van der Waals surface area contributed by atoms with Crippen molar-refractivity contribution in [3.05, 3.63) is 71.4 Å². The highest BCUT2D eigenvalue weighted by atomic mass is 16.5. The van der Waals surface area contributed by atoms with Crippen molar-refractivity contribution in [2.24, 2.45) is 0 Å². The second kappa shape index (κ2) is 7.52. The Hall–Kier alpha value is -4.27. The van der Waals surface area contributed by atoms with E-state index in [1.807, 2.05) is 31.2 Å². The Morgan fingerprint density at radius 1 is 1.03 bits per heavy atom. The predicted molar refractivity (Wildman–Crippen MR) is 108 cm³/mol. The summed E-state index contributed by atoms with van der Waals surface area (Å²) in [6.45, 7) is 3.56. The Kier molecular flexibility index (Phi) is 4.55. The molecule has 0 atom stereocenters. The monoisotopic (exact) mass is 416 g/mol. The number of hydrogen-bond acceptors (Lipinski definition) is 9. The molecular formula is C22H16N4O5. The molecule has 0 aliphatic carbocycles. The van der Waals surface area contributed by atoms with Gasteiger partial charge in [-0.15, -0.1) is 0 Å². The smallest absolute Gasteiger partial charge is 0.339 e. The van der Waals surface area contributed by atoms with Gasteiger partial charge in [-0.1, -0.05) is 28.0 Å². The minimum atomic E-state index is -0.590. The fourth-order valence-corrected chi connectivity index (χ4v) is 3.14. The zero-order valence-corrected chi connectivity index (χ0v) is 16.7. The molecule has 1 aromatic carbocycles. The van der Waals surface area contributed by atoms with E-state index in [9.17, 15) is 4.79 Å². The van der Waals surface area contributed by atoms with Gasteiger partial charge in [0.15, 0.2) is 12.4 Å². The molecule has 9 heteroatoms. The van der Waals surface area contributed by atoms with Crippen LogP contribution < -0.4 is 0 Å². The van der Waals surface area contributed by atoms with Crippen LogP contribution in [0.15, 0.2) is 62.2 Å². The molecule has 0 saturated carbocycles. The van der Waals surface area contributed by atoms with E-state index < -0.39 is 5.97 Å². The van der Waals surface area contributed by atoms with Gasteiger partial charge in [-0.05, 0) is 44.2 Å². The maximum absolute atomic E-state index is 12.9. The van der Waals surface area contributed by atoms with Crippen LogP contribution in [0.4, 0.5) is 0 Å². The van der Waals surface area contributed by atoms with Gasteiger partial charge in [0.2, 0.25) is 5.82 Å². The number of aryl methyl sites for hydroxylation is 2. The largest absolute Gasteiger partial charge is 0.463 e. The third kappa shape index (κ3) is 3.57. The first-order chi connectivity index (χ1) is 15.1. The van der Waals surface area contributed by atoms with Crippen LogP contribution in [-0.4, -0.2) is 26.3 Å². The predicted octanol–water partition coefficient (Wildman–Crippen LogP) is 4.51. The lowest BCUT2D eigenvalue weighted by atomic mass is 10.1. The van der Waals surface area contributed by atoms with Gasteiger partial charge >= 0.3 is 5.97 Å². The van der Waals surface area contributed by atoms with Crippen molar-refractivity contribution >= 4 is 17.1 Å². The summed E-state index contributed by atoms with van der Waals surface area (Å²) in [5.74, 6) is 0.508. The summed E-state index contributed by atoms with van der Waals surface area (Å²) in [6.07, 6.45) is 1.52. The zero-order chi connectivity index (χ0) is 21.4. The van der Waals surface area contributed by atoms with Crippen LogP contribution in [0.2, 0.25) is 0 Å². The van der Waals surface area contributed by atoms with Crippen molar-refractivity contribution in [3.63, 3.8) is 0 Å². The number of benzene rings is 1. The van der Waals surface area contributed by atoms with Gasteiger partial charge in [-0.2, -0.15) is 4.98 Å². The minimum Gasteiger partial charge on any atom is -0.463 e. The van der Waals surface area contributed by atoms with Gasteiger partial charge in [0.05, 0.1) is 22.9 Å². The summed E-state index contributed by atoms with van der Waals surface area (Å²) < 4.78 is 21.3. The van der Waals surface area contributed by atoms with Crippen LogP contribution in [-0.2, 0) is 11.3 Å². The topological polar surface area (TPSA) is 117 Å². The second-order valence-corrected chi connectivity index (χ2v) is 6.94. The van der Waals surface area contributed by atoms with Crippen LogP contribution in [0.3, 0.4) is 0 Å². The number of esters is 1. The number of aromatic nitrogens is 4. The lowest BCUT2D eigenvalue weighted by Crippen LogP contribution is -2.08. The Bertz CT molecular complexity index is 1370. The Morgan fingerprint density at radius 2 is 1.87 bits per heavy atom. The van der Waals surface area contributed by atoms with E-state index in [-0.39, 0.29) is 23.7 Å². The summed E-state index contributed by atoms with van der Waals surface area (Å²) in [5.41, 5.74) is 3.36. The third-order valence-corrected chi connectivity index (χ3v) is 4.71. The molecule has 0 bridgehead atoms. The Balaban J connectivity index is 1.39. The molecule has 0 aliphatic heterocycles. The highest BCUT2D eigenvalue weighted by Crippen LogP contribution is 2.28. The van der Waals surface area contributed by atoms with Gasteiger partial charge in [0, 0.05) is 5.56 Å². The maximum atomic E-state index is 12.9. The highest BCUT2D eigenvalue weighted by Gasteiger charge is 2.22.